The number of alkyl halides is 3. The molecule has 32 heavy (non-hydrogen) atoms. The van der Waals surface area contributed by atoms with Gasteiger partial charge in [0.25, 0.3) is 5.91 Å². The monoisotopic (exact) mass is 484 g/mol. The highest BCUT2D eigenvalue weighted by Gasteiger charge is 2.30. The first-order valence-corrected chi connectivity index (χ1v) is 10.6. The zero-order valence-corrected chi connectivity index (χ0v) is 17.9. The van der Waals surface area contributed by atoms with E-state index in [1.165, 1.54) is 19.2 Å². The number of thioether (sulfide) groups is 1. The number of amides is 2. The molecule has 0 bridgehead atoms. The molecule has 1 aromatic heterocycles. The molecule has 2 aromatic carbocycles. The average Bonchev–Trinajstić information content (AvgIpc) is 3.20. The first-order chi connectivity index (χ1) is 15.2. The molecule has 3 aromatic rings. The van der Waals surface area contributed by atoms with Gasteiger partial charge in [0, 0.05) is 11.3 Å². The van der Waals surface area contributed by atoms with Crippen molar-refractivity contribution < 1.29 is 32.2 Å². The zero-order chi connectivity index (χ0) is 23.1. The fourth-order valence-corrected chi connectivity index (χ4v) is 3.86. The first kappa shape index (κ1) is 23.3. The third-order valence-electron chi connectivity index (χ3n) is 3.68. The molecular formula is C19H15F3N4O4S2. The number of carbonyl (C=O) groups excluding carboxylic acids is 2. The van der Waals surface area contributed by atoms with Crippen molar-refractivity contribution in [3.63, 3.8) is 0 Å². The van der Waals surface area contributed by atoms with E-state index < -0.39 is 18.2 Å². The van der Waals surface area contributed by atoms with Crippen molar-refractivity contribution in [2.45, 2.75) is 10.7 Å². The van der Waals surface area contributed by atoms with Gasteiger partial charge < -0.3 is 14.8 Å². The van der Waals surface area contributed by atoms with E-state index in [0.29, 0.717) is 26.5 Å². The fraction of sp³-hybridized carbons (Fsp3) is 0.158. The molecule has 0 aliphatic rings. The molecule has 0 unspecified atom stereocenters. The Bertz CT molecular complexity index is 1070. The Morgan fingerprint density at radius 3 is 2.31 bits per heavy atom. The maximum Gasteiger partial charge on any atom is 0.573 e. The van der Waals surface area contributed by atoms with Crippen LogP contribution in [0.1, 0.15) is 10.4 Å². The second kappa shape index (κ2) is 10.3. The van der Waals surface area contributed by atoms with Gasteiger partial charge in [0.2, 0.25) is 11.0 Å². The van der Waals surface area contributed by atoms with Gasteiger partial charge in [-0.05, 0) is 48.5 Å². The minimum Gasteiger partial charge on any atom is -0.497 e. The molecule has 0 saturated carbocycles. The summed E-state index contributed by atoms with van der Waals surface area (Å²) < 4.78 is 45.9. The molecule has 0 aliphatic carbocycles. The van der Waals surface area contributed by atoms with E-state index in [4.69, 9.17) is 4.74 Å². The van der Waals surface area contributed by atoms with E-state index in [0.717, 1.165) is 35.2 Å². The van der Waals surface area contributed by atoms with E-state index in [-0.39, 0.29) is 11.5 Å². The van der Waals surface area contributed by atoms with Crippen molar-refractivity contribution in [3.05, 3.63) is 54.1 Å². The summed E-state index contributed by atoms with van der Waals surface area (Å²) in [5, 5.41) is 13.4. The van der Waals surface area contributed by atoms with Crippen LogP contribution in [-0.4, -0.2) is 41.2 Å². The van der Waals surface area contributed by atoms with Gasteiger partial charge in [-0.3, -0.25) is 14.9 Å². The van der Waals surface area contributed by atoms with Crippen molar-refractivity contribution in [2.24, 2.45) is 0 Å². The van der Waals surface area contributed by atoms with Crippen molar-refractivity contribution in [1.82, 2.24) is 15.5 Å². The van der Waals surface area contributed by atoms with Crippen LogP contribution in [0.4, 0.5) is 24.0 Å². The number of nitrogens with one attached hydrogen (secondary N) is 2. The second-order valence-electron chi connectivity index (χ2n) is 5.96. The van der Waals surface area contributed by atoms with Crippen LogP contribution >= 0.6 is 23.1 Å². The number of imide groups is 1. The molecule has 1 heterocycles. The molecule has 168 valence electrons. The Kier molecular flexibility index (Phi) is 7.53. The second-order valence-corrected chi connectivity index (χ2v) is 8.16. The molecule has 0 spiro atoms. The summed E-state index contributed by atoms with van der Waals surface area (Å²) in [5.41, 5.74) is 0.799. The number of benzene rings is 2. The lowest BCUT2D eigenvalue weighted by molar-refractivity contribution is -0.274. The third-order valence-corrected chi connectivity index (χ3v) is 5.65. The van der Waals surface area contributed by atoms with Crippen LogP contribution in [0.2, 0.25) is 0 Å². The highest BCUT2D eigenvalue weighted by atomic mass is 32.2. The molecule has 13 heteroatoms. The van der Waals surface area contributed by atoms with Gasteiger partial charge in [0.15, 0.2) is 4.34 Å². The van der Waals surface area contributed by atoms with Crippen molar-refractivity contribution >= 4 is 45.7 Å². The zero-order valence-electron chi connectivity index (χ0n) is 16.3. The Morgan fingerprint density at radius 1 is 1.03 bits per heavy atom. The van der Waals surface area contributed by atoms with Gasteiger partial charge in [-0.25, -0.2) is 0 Å². The summed E-state index contributed by atoms with van der Waals surface area (Å²) in [7, 11) is 1.51. The number of rotatable bonds is 8. The Morgan fingerprint density at radius 2 is 1.69 bits per heavy atom. The first-order valence-electron chi connectivity index (χ1n) is 8.79. The molecule has 0 fully saturated rings. The molecule has 0 saturated heterocycles. The van der Waals surface area contributed by atoms with Crippen LogP contribution in [0.5, 0.6) is 11.5 Å². The number of carbonyl (C=O) groups is 2. The number of nitrogens with zero attached hydrogens (tertiary/aromatic N) is 2. The number of aromatic nitrogens is 2. The quantitative estimate of drug-likeness (QED) is 0.458. The summed E-state index contributed by atoms with van der Waals surface area (Å²) in [6, 6.07) is 11.4. The van der Waals surface area contributed by atoms with Gasteiger partial charge in [0.1, 0.15) is 11.5 Å². The summed E-state index contributed by atoms with van der Waals surface area (Å²) >= 11 is 2.23. The van der Waals surface area contributed by atoms with E-state index in [2.05, 4.69) is 25.6 Å². The van der Waals surface area contributed by atoms with Crippen LogP contribution in [-0.2, 0) is 4.79 Å². The van der Waals surface area contributed by atoms with Crippen LogP contribution < -0.4 is 20.1 Å². The van der Waals surface area contributed by atoms with Crippen LogP contribution in [0.3, 0.4) is 0 Å². The normalized spacial score (nSPS) is 11.0. The number of hydrogen-bond donors (Lipinski definition) is 2. The fourth-order valence-electron chi connectivity index (χ4n) is 2.29. The Balaban J connectivity index is 1.47. The molecule has 2 amide bonds. The smallest absolute Gasteiger partial charge is 0.497 e. The predicted molar refractivity (Wildman–Crippen MR) is 113 cm³/mol. The summed E-state index contributed by atoms with van der Waals surface area (Å²) in [5.74, 6) is -0.835. The molecule has 3 rings (SSSR count). The number of methoxy groups -OCH3 is 1. The lowest BCUT2D eigenvalue weighted by Crippen LogP contribution is -2.31. The van der Waals surface area contributed by atoms with E-state index in [9.17, 15) is 22.8 Å². The number of halogens is 3. The van der Waals surface area contributed by atoms with Gasteiger partial charge >= 0.3 is 6.36 Å². The highest BCUT2D eigenvalue weighted by Crippen LogP contribution is 2.29. The Labute approximate surface area is 188 Å². The van der Waals surface area contributed by atoms with Crippen LogP contribution in [0.25, 0.3) is 0 Å². The van der Waals surface area contributed by atoms with Crippen molar-refractivity contribution in [3.8, 4) is 11.5 Å². The summed E-state index contributed by atoms with van der Waals surface area (Å²) in [4.78, 5) is 24.1. The molecule has 0 atom stereocenters. The van der Waals surface area contributed by atoms with Crippen molar-refractivity contribution in [1.29, 1.82) is 0 Å². The molecule has 8 nitrogen and oxygen atoms in total. The lowest BCUT2D eigenvalue weighted by atomic mass is 10.2. The van der Waals surface area contributed by atoms with Crippen LogP contribution in [0, 0.1) is 0 Å². The number of anilines is 2. The third kappa shape index (κ3) is 7.13. The molecule has 0 aliphatic heterocycles. The van der Waals surface area contributed by atoms with Crippen LogP contribution in [0.15, 0.2) is 52.9 Å². The van der Waals surface area contributed by atoms with Gasteiger partial charge in [-0.2, -0.15) is 0 Å². The Hall–Kier alpha value is -3.32. The highest BCUT2D eigenvalue weighted by molar-refractivity contribution is 8.01. The minimum atomic E-state index is -4.76. The topological polar surface area (TPSA) is 102 Å². The predicted octanol–water partition coefficient (Wildman–Crippen LogP) is 4.24. The summed E-state index contributed by atoms with van der Waals surface area (Å²) in [6.07, 6.45) is -4.76. The SMILES string of the molecule is COc1ccc(C(=O)NC(=O)CSc2nnc(Nc3ccc(OC(F)(F)F)cc3)s2)cc1. The molecule has 2 N–H and O–H groups in total. The largest absolute Gasteiger partial charge is 0.573 e. The standard InChI is InChI=1S/C19H15F3N4O4S2/c1-29-13-6-2-11(3-7-13)16(28)24-15(27)10-31-18-26-25-17(32-18)23-12-4-8-14(9-5-12)30-19(20,21)22/h2-9H,10H2,1H3,(H,23,25)(H,24,27,28). The minimum absolute atomic E-state index is 0.0555. The average molecular weight is 484 g/mol. The number of hydrogen-bond acceptors (Lipinski definition) is 9. The van der Waals surface area contributed by atoms with E-state index in [1.54, 1.807) is 24.3 Å². The number of ether oxygens (including phenoxy) is 2. The van der Waals surface area contributed by atoms with Gasteiger partial charge in [0.05, 0.1) is 12.9 Å². The summed E-state index contributed by atoms with van der Waals surface area (Å²) in [6.45, 7) is 0. The molecule has 0 radical (unpaired) electrons. The lowest BCUT2D eigenvalue weighted by Gasteiger charge is -2.09. The van der Waals surface area contributed by atoms with Gasteiger partial charge in [-0.15, -0.1) is 23.4 Å². The maximum atomic E-state index is 12.2. The van der Waals surface area contributed by atoms with E-state index in [1.807, 2.05) is 0 Å². The maximum absolute atomic E-state index is 12.2. The van der Waals surface area contributed by atoms with E-state index >= 15 is 0 Å². The van der Waals surface area contributed by atoms with Crippen molar-refractivity contribution in [2.75, 3.05) is 18.2 Å². The van der Waals surface area contributed by atoms with Gasteiger partial charge in [-0.1, -0.05) is 23.1 Å². The molecular weight excluding hydrogens is 469 g/mol.